The first-order valence-electron chi connectivity index (χ1n) is 13.3. The maximum absolute atomic E-state index is 14.1. The van der Waals surface area contributed by atoms with Crippen LogP contribution in [0.15, 0.2) is 48.5 Å². The molecule has 36 heavy (non-hydrogen) atoms. The average molecular weight is 488 g/mol. The number of carbonyl (C=O) groups excluding carboxylic acids is 3. The number of nitrogens with zero attached hydrogens (tertiary/aromatic N) is 3. The van der Waals surface area contributed by atoms with Gasteiger partial charge in [-0.2, -0.15) is 0 Å². The van der Waals surface area contributed by atoms with E-state index in [4.69, 9.17) is 5.11 Å². The number of hydrogen-bond acceptors (Lipinski definition) is 4. The second kappa shape index (κ2) is 9.36. The quantitative estimate of drug-likeness (QED) is 0.661. The van der Waals surface area contributed by atoms with Crippen LogP contribution in [0, 0.1) is 5.92 Å². The van der Waals surface area contributed by atoms with Gasteiger partial charge in [0.2, 0.25) is 5.91 Å². The molecule has 7 nitrogen and oxygen atoms in total. The predicted molar refractivity (Wildman–Crippen MR) is 137 cm³/mol. The van der Waals surface area contributed by atoms with E-state index in [2.05, 4.69) is 12.1 Å². The Morgan fingerprint density at radius 1 is 0.917 bits per heavy atom. The van der Waals surface area contributed by atoms with E-state index in [0.29, 0.717) is 6.54 Å². The van der Waals surface area contributed by atoms with Crippen molar-refractivity contribution >= 4 is 29.1 Å². The number of Topliss-reactive ketones (excluding diaryl/α,β-unsaturated/α-hetero) is 1. The summed E-state index contributed by atoms with van der Waals surface area (Å²) in [5.74, 6) is -0.151. The number of anilines is 2. The molecule has 2 aliphatic carbocycles. The summed E-state index contributed by atoms with van der Waals surface area (Å²) < 4.78 is 0. The van der Waals surface area contributed by atoms with Crippen molar-refractivity contribution in [2.75, 3.05) is 23.0 Å². The lowest BCUT2D eigenvalue weighted by molar-refractivity contribution is -0.137. The van der Waals surface area contributed by atoms with Crippen molar-refractivity contribution < 1.29 is 19.5 Å². The smallest absolute Gasteiger partial charge is 0.329 e. The van der Waals surface area contributed by atoms with Crippen molar-refractivity contribution in [1.82, 2.24) is 4.90 Å². The minimum absolute atomic E-state index is 0.0157. The van der Waals surface area contributed by atoms with Gasteiger partial charge in [0.05, 0.1) is 11.7 Å². The van der Waals surface area contributed by atoms with Crippen LogP contribution >= 0.6 is 0 Å². The van der Waals surface area contributed by atoms with Crippen LogP contribution in [0.5, 0.6) is 0 Å². The molecule has 2 aromatic rings. The third kappa shape index (κ3) is 3.90. The Labute approximate surface area is 211 Å². The van der Waals surface area contributed by atoms with Gasteiger partial charge in [-0.15, -0.1) is 0 Å². The maximum Gasteiger partial charge on any atom is 0.329 e. The van der Waals surface area contributed by atoms with Crippen molar-refractivity contribution in [1.29, 1.82) is 0 Å². The lowest BCUT2D eigenvalue weighted by Gasteiger charge is -2.48. The van der Waals surface area contributed by atoms with Crippen LogP contribution in [0.3, 0.4) is 0 Å². The van der Waals surface area contributed by atoms with Crippen LogP contribution in [0.4, 0.5) is 16.2 Å². The van der Waals surface area contributed by atoms with Crippen LogP contribution in [0.25, 0.3) is 0 Å². The standard InChI is InChI=1S/C29H33N3O4/c33-18-21(34)14-15-27(35)31(20-12-13-20)28-22-7-2-4-10-25(22)32(26-11-5-8-23(26)28)29(36)30-17-16-19-6-1-3-9-24(19)30/h1-4,6-7,9-10,20,23,26,28,33H,5,8,11-18H2. The van der Waals surface area contributed by atoms with Gasteiger partial charge in [0.15, 0.2) is 5.78 Å². The summed E-state index contributed by atoms with van der Waals surface area (Å²) in [6, 6.07) is 16.4. The van der Waals surface area contributed by atoms with Gasteiger partial charge in [-0.25, -0.2) is 4.79 Å². The van der Waals surface area contributed by atoms with E-state index in [0.717, 1.165) is 55.5 Å². The van der Waals surface area contributed by atoms with Gasteiger partial charge in [-0.1, -0.05) is 42.8 Å². The molecule has 188 valence electrons. The zero-order valence-electron chi connectivity index (χ0n) is 20.5. The Bertz CT molecular complexity index is 1190. The number of benzene rings is 2. The van der Waals surface area contributed by atoms with E-state index in [1.54, 1.807) is 0 Å². The summed E-state index contributed by atoms with van der Waals surface area (Å²) in [4.78, 5) is 45.4. The highest BCUT2D eigenvalue weighted by Crippen LogP contribution is 2.53. The molecule has 2 aliphatic heterocycles. The normalized spacial score (nSPS) is 24.2. The van der Waals surface area contributed by atoms with Gasteiger partial charge in [0.1, 0.15) is 6.61 Å². The second-order valence-corrected chi connectivity index (χ2v) is 10.6. The van der Waals surface area contributed by atoms with E-state index in [-0.39, 0.29) is 54.6 Å². The van der Waals surface area contributed by atoms with Crippen LogP contribution < -0.4 is 9.80 Å². The Balaban J connectivity index is 1.37. The summed E-state index contributed by atoms with van der Waals surface area (Å²) >= 11 is 0. The zero-order chi connectivity index (χ0) is 24.8. The minimum atomic E-state index is -0.523. The van der Waals surface area contributed by atoms with Gasteiger partial charge in [-0.05, 0) is 55.4 Å². The SMILES string of the molecule is O=C(CO)CCC(=O)N(C1CC1)C1c2ccccc2N(C(=O)N2CCc3ccccc32)C2CCCC21. The summed E-state index contributed by atoms with van der Waals surface area (Å²) in [6.07, 6.45) is 5.92. The Morgan fingerprint density at radius 3 is 2.44 bits per heavy atom. The number of carbonyl (C=O) groups is 3. The molecule has 0 spiro atoms. The first kappa shape index (κ1) is 23.2. The largest absolute Gasteiger partial charge is 0.389 e. The molecule has 3 atom stereocenters. The van der Waals surface area contributed by atoms with E-state index in [1.807, 2.05) is 51.1 Å². The molecule has 6 rings (SSSR count). The molecule has 0 saturated heterocycles. The Hall–Kier alpha value is -3.19. The second-order valence-electron chi connectivity index (χ2n) is 10.6. The zero-order valence-corrected chi connectivity index (χ0v) is 20.5. The van der Waals surface area contributed by atoms with Crippen molar-refractivity contribution in [3.63, 3.8) is 0 Å². The lowest BCUT2D eigenvalue weighted by Crippen LogP contribution is -2.56. The molecule has 0 aromatic heterocycles. The lowest BCUT2D eigenvalue weighted by atomic mass is 9.81. The van der Waals surface area contributed by atoms with E-state index in [1.165, 1.54) is 5.56 Å². The molecule has 4 aliphatic rings. The fraction of sp³-hybridized carbons (Fsp3) is 0.483. The monoisotopic (exact) mass is 487 g/mol. The van der Waals surface area contributed by atoms with Crippen LogP contribution in [-0.2, 0) is 16.0 Å². The fourth-order valence-electron chi connectivity index (χ4n) is 6.69. The van der Waals surface area contributed by atoms with Gasteiger partial charge in [0, 0.05) is 43.1 Å². The number of ketones is 1. The number of hydrogen-bond donors (Lipinski definition) is 1. The Kier molecular flexibility index (Phi) is 6.04. The van der Waals surface area contributed by atoms with E-state index >= 15 is 0 Å². The van der Waals surface area contributed by atoms with Gasteiger partial charge < -0.3 is 10.0 Å². The summed E-state index contributed by atoms with van der Waals surface area (Å²) in [6.45, 7) is 0.160. The number of urea groups is 1. The third-order valence-corrected chi connectivity index (χ3v) is 8.43. The predicted octanol–water partition coefficient (Wildman–Crippen LogP) is 4.23. The van der Waals surface area contributed by atoms with Gasteiger partial charge in [0.25, 0.3) is 0 Å². The highest BCUT2D eigenvalue weighted by atomic mass is 16.3. The topological polar surface area (TPSA) is 81.2 Å². The molecule has 1 N–H and O–H groups in total. The summed E-state index contributed by atoms with van der Waals surface area (Å²) in [7, 11) is 0. The summed E-state index contributed by atoms with van der Waals surface area (Å²) in [5.41, 5.74) is 4.15. The highest BCUT2D eigenvalue weighted by Gasteiger charge is 2.52. The maximum atomic E-state index is 14.1. The molecule has 2 saturated carbocycles. The Morgan fingerprint density at radius 2 is 1.67 bits per heavy atom. The molecule has 0 radical (unpaired) electrons. The fourth-order valence-corrected chi connectivity index (χ4v) is 6.69. The minimum Gasteiger partial charge on any atom is -0.389 e. The van der Waals surface area contributed by atoms with Crippen molar-refractivity contribution in [2.24, 2.45) is 5.92 Å². The van der Waals surface area contributed by atoms with Crippen LogP contribution in [-0.4, -0.2) is 53.0 Å². The number of fused-ring (bicyclic) bond motifs is 3. The number of aliphatic hydroxyl groups excluding tert-OH is 1. The molecule has 3 unspecified atom stereocenters. The molecular weight excluding hydrogens is 454 g/mol. The number of para-hydroxylation sites is 2. The number of rotatable bonds is 6. The van der Waals surface area contributed by atoms with E-state index < -0.39 is 6.61 Å². The third-order valence-electron chi connectivity index (χ3n) is 8.43. The molecule has 0 bridgehead atoms. The van der Waals surface area contributed by atoms with Crippen molar-refractivity contribution in [2.45, 2.75) is 69.5 Å². The number of amides is 3. The molecule has 7 heteroatoms. The molecule has 2 fully saturated rings. The van der Waals surface area contributed by atoms with Gasteiger partial charge >= 0.3 is 6.03 Å². The molecule has 3 amide bonds. The molecular formula is C29H33N3O4. The van der Waals surface area contributed by atoms with Crippen molar-refractivity contribution in [3.8, 4) is 0 Å². The van der Waals surface area contributed by atoms with Crippen LogP contribution in [0.1, 0.15) is 62.1 Å². The first-order chi connectivity index (χ1) is 17.6. The van der Waals surface area contributed by atoms with Crippen molar-refractivity contribution in [3.05, 3.63) is 59.7 Å². The summed E-state index contributed by atoms with van der Waals surface area (Å²) in [5, 5.41) is 9.13. The van der Waals surface area contributed by atoms with Gasteiger partial charge in [-0.3, -0.25) is 19.4 Å². The molecule has 2 aromatic carbocycles. The number of aliphatic hydroxyl groups is 1. The molecule has 2 heterocycles. The van der Waals surface area contributed by atoms with Crippen LogP contribution in [0.2, 0.25) is 0 Å². The highest BCUT2D eigenvalue weighted by molar-refractivity contribution is 6.06. The van der Waals surface area contributed by atoms with E-state index in [9.17, 15) is 14.4 Å². The first-order valence-corrected chi connectivity index (χ1v) is 13.3. The average Bonchev–Trinajstić information content (AvgIpc) is 3.45.